The first kappa shape index (κ1) is 24.0. The summed E-state index contributed by atoms with van der Waals surface area (Å²) in [6, 6.07) is 6.65. The first-order valence-corrected chi connectivity index (χ1v) is 11.6. The third kappa shape index (κ3) is 4.36. The molecule has 1 saturated carbocycles. The summed E-state index contributed by atoms with van der Waals surface area (Å²) in [5.74, 6) is -0.509. The van der Waals surface area contributed by atoms with Crippen LogP contribution in [0, 0.1) is 19.7 Å². The van der Waals surface area contributed by atoms with Gasteiger partial charge in [0.1, 0.15) is 11.3 Å². The molecule has 3 heterocycles. The Hall–Kier alpha value is -3.69. The molecule has 0 radical (unpaired) electrons. The lowest BCUT2D eigenvalue weighted by Gasteiger charge is -2.18. The number of pyridine rings is 1. The first-order chi connectivity index (χ1) is 17.1. The van der Waals surface area contributed by atoms with E-state index in [4.69, 9.17) is 0 Å². The summed E-state index contributed by atoms with van der Waals surface area (Å²) in [7, 11) is 0. The van der Waals surface area contributed by atoms with Crippen molar-refractivity contribution in [2.75, 3.05) is 0 Å². The molecule has 5 rings (SSSR count). The molecule has 1 fully saturated rings. The molecule has 6 nitrogen and oxygen atoms in total. The predicted octanol–water partition coefficient (Wildman–Crippen LogP) is 5.46. The zero-order valence-corrected chi connectivity index (χ0v) is 19.7. The van der Waals surface area contributed by atoms with Gasteiger partial charge in [-0.25, -0.2) is 14.4 Å². The van der Waals surface area contributed by atoms with Gasteiger partial charge in [0.15, 0.2) is 11.3 Å². The van der Waals surface area contributed by atoms with Crippen LogP contribution in [0.15, 0.2) is 47.7 Å². The highest BCUT2D eigenvalue weighted by molar-refractivity contribution is 5.71. The average Bonchev–Trinajstić information content (AvgIpc) is 3.30. The van der Waals surface area contributed by atoms with E-state index in [0.29, 0.717) is 41.6 Å². The largest absolute Gasteiger partial charge is 0.435 e. The third-order valence-electron chi connectivity index (χ3n) is 6.84. The van der Waals surface area contributed by atoms with Crippen LogP contribution < -0.4 is 5.56 Å². The third-order valence-corrected chi connectivity index (χ3v) is 6.84. The maximum Gasteiger partial charge on any atom is 0.435 e. The molecule has 186 valence electrons. The number of rotatable bonds is 4. The second-order valence-electron chi connectivity index (χ2n) is 9.24. The minimum atomic E-state index is -4.72. The quantitative estimate of drug-likeness (QED) is 0.350. The van der Waals surface area contributed by atoms with Gasteiger partial charge in [0.2, 0.25) is 0 Å². The summed E-state index contributed by atoms with van der Waals surface area (Å²) < 4.78 is 56.5. The molecule has 4 aromatic rings. The van der Waals surface area contributed by atoms with Gasteiger partial charge in [-0.05, 0) is 68.2 Å². The molecule has 0 saturated heterocycles. The Bertz CT molecular complexity index is 1490. The Morgan fingerprint density at radius 2 is 1.81 bits per heavy atom. The molecule has 0 unspecified atom stereocenters. The average molecular weight is 497 g/mol. The molecule has 0 bridgehead atoms. The van der Waals surface area contributed by atoms with Gasteiger partial charge in [-0.1, -0.05) is 12.1 Å². The lowest BCUT2D eigenvalue weighted by Crippen LogP contribution is -2.28. The lowest BCUT2D eigenvalue weighted by molar-refractivity contribution is -0.142. The van der Waals surface area contributed by atoms with Gasteiger partial charge in [-0.3, -0.25) is 19.3 Å². The Morgan fingerprint density at radius 1 is 1.06 bits per heavy atom. The smallest absolute Gasteiger partial charge is 0.285 e. The molecule has 10 heteroatoms. The van der Waals surface area contributed by atoms with E-state index < -0.39 is 24.0 Å². The number of benzene rings is 1. The van der Waals surface area contributed by atoms with Crippen molar-refractivity contribution >= 4 is 11.2 Å². The van der Waals surface area contributed by atoms with Crippen molar-refractivity contribution in [2.45, 2.75) is 57.7 Å². The van der Waals surface area contributed by atoms with E-state index in [1.54, 1.807) is 25.3 Å². The van der Waals surface area contributed by atoms with Gasteiger partial charge in [0.05, 0.1) is 17.9 Å². The molecule has 3 aromatic heterocycles. The van der Waals surface area contributed by atoms with E-state index in [1.165, 1.54) is 10.6 Å². The number of aromatic nitrogens is 5. The summed E-state index contributed by atoms with van der Waals surface area (Å²) in [6.07, 6.45) is 0.862. The number of alkyl halides is 3. The normalized spacial score (nSPS) is 18.2. The highest BCUT2D eigenvalue weighted by Gasteiger charge is 2.37. The van der Waals surface area contributed by atoms with E-state index in [-0.39, 0.29) is 29.0 Å². The van der Waals surface area contributed by atoms with Crippen molar-refractivity contribution in [3.63, 3.8) is 0 Å². The van der Waals surface area contributed by atoms with Crippen LogP contribution in [0.25, 0.3) is 11.2 Å². The van der Waals surface area contributed by atoms with Gasteiger partial charge in [-0.15, -0.1) is 0 Å². The van der Waals surface area contributed by atoms with Crippen LogP contribution in [0.5, 0.6) is 0 Å². The summed E-state index contributed by atoms with van der Waals surface area (Å²) >= 11 is 0. The first-order valence-electron chi connectivity index (χ1n) is 11.6. The SMILES string of the molecule is Cc1cnc2cc([C@@H]3CC[C@@H](c4c(C)cccc4F)C3)c(=O)n(Cc3nccnc3C(F)(F)F)c2n1. The number of halogens is 4. The summed E-state index contributed by atoms with van der Waals surface area (Å²) in [5.41, 5.74) is 1.10. The van der Waals surface area contributed by atoms with Gasteiger partial charge in [-0.2, -0.15) is 13.2 Å². The van der Waals surface area contributed by atoms with Crippen LogP contribution in [0.2, 0.25) is 0 Å². The number of hydrogen-bond acceptors (Lipinski definition) is 5. The Balaban J connectivity index is 1.60. The van der Waals surface area contributed by atoms with Crippen molar-refractivity contribution < 1.29 is 17.6 Å². The minimum Gasteiger partial charge on any atom is -0.285 e. The monoisotopic (exact) mass is 497 g/mol. The minimum absolute atomic E-state index is 0.0549. The van der Waals surface area contributed by atoms with Gasteiger partial charge < -0.3 is 0 Å². The van der Waals surface area contributed by atoms with Crippen LogP contribution in [0.4, 0.5) is 17.6 Å². The number of aryl methyl sites for hydroxylation is 2. The molecular weight excluding hydrogens is 474 g/mol. The molecule has 1 aromatic carbocycles. The van der Waals surface area contributed by atoms with E-state index >= 15 is 0 Å². The maximum atomic E-state index is 14.6. The Morgan fingerprint density at radius 3 is 2.56 bits per heavy atom. The second kappa shape index (κ2) is 9.07. The fraction of sp³-hybridized carbons (Fsp3) is 0.346. The molecule has 1 aliphatic rings. The number of fused-ring (bicyclic) bond motifs is 1. The number of hydrogen-bond donors (Lipinski definition) is 0. The summed E-state index contributed by atoms with van der Waals surface area (Å²) in [5, 5.41) is 0. The Kier molecular flexibility index (Phi) is 6.05. The fourth-order valence-electron chi connectivity index (χ4n) is 5.23. The van der Waals surface area contributed by atoms with Crippen LogP contribution in [-0.2, 0) is 12.7 Å². The summed E-state index contributed by atoms with van der Waals surface area (Å²) in [4.78, 5) is 29.8. The van der Waals surface area contributed by atoms with Gasteiger partial charge in [0.25, 0.3) is 5.56 Å². The molecule has 0 amide bonds. The van der Waals surface area contributed by atoms with Crippen LogP contribution >= 0.6 is 0 Å². The van der Waals surface area contributed by atoms with Crippen LogP contribution in [-0.4, -0.2) is 24.5 Å². The van der Waals surface area contributed by atoms with Crippen molar-refractivity contribution in [1.29, 1.82) is 0 Å². The second-order valence-corrected chi connectivity index (χ2v) is 9.24. The molecule has 1 aliphatic carbocycles. The number of nitrogens with zero attached hydrogens (tertiary/aromatic N) is 5. The van der Waals surface area contributed by atoms with Crippen LogP contribution in [0.1, 0.15) is 64.9 Å². The van der Waals surface area contributed by atoms with E-state index in [0.717, 1.165) is 18.0 Å². The molecule has 36 heavy (non-hydrogen) atoms. The maximum absolute atomic E-state index is 14.6. The highest BCUT2D eigenvalue weighted by Crippen LogP contribution is 2.44. The highest BCUT2D eigenvalue weighted by atomic mass is 19.4. The van der Waals surface area contributed by atoms with E-state index in [2.05, 4.69) is 19.9 Å². The molecular formula is C26H23F4N5O. The molecule has 0 spiro atoms. The predicted molar refractivity (Wildman–Crippen MR) is 125 cm³/mol. The van der Waals surface area contributed by atoms with E-state index in [1.807, 2.05) is 13.0 Å². The van der Waals surface area contributed by atoms with E-state index in [9.17, 15) is 22.4 Å². The van der Waals surface area contributed by atoms with Crippen molar-refractivity contribution in [2.24, 2.45) is 0 Å². The van der Waals surface area contributed by atoms with Crippen molar-refractivity contribution in [3.05, 3.63) is 92.8 Å². The zero-order chi connectivity index (χ0) is 25.6. The lowest BCUT2D eigenvalue weighted by atomic mass is 9.90. The summed E-state index contributed by atoms with van der Waals surface area (Å²) in [6.45, 7) is 3.11. The molecule has 0 N–H and O–H groups in total. The van der Waals surface area contributed by atoms with Crippen molar-refractivity contribution in [1.82, 2.24) is 24.5 Å². The fourth-order valence-corrected chi connectivity index (χ4v) is 5.23. The van der Waals surface area contributed by atoms with Gasteiger partial charge in [0, 0.05) is 24.2 Å². The van der Waals surface area contributed by atoms with Gasteiger partial charge >= 0.3 is 6.18 Å². The van der Waals surface area contributed by atoms with Crippen molar-refractivity contribution in [3.8, 4) is 0 Å². The zero-order valence-electron chi connectivity index (χ0n) is 19.7. The Labute approximate surface area is 204 Å². The molecule has 0 aliphatic heterocycles. The molecule has 2 atom stereocenters. The van der Waals surface area contributed by atoms with Crippen LogP contribution in [0.3, 0.4) is 0 Å². The standard InChI is InChI=1S/C26H23F4N5O/c1-14-4-3-5-19(27)22(14)17-7-6-16(10-17)18-11-20-24(34-15(2)12-33-20)35(25(18)36)13-21-23(26(28,29)30)32-9-8-31-21/h3-5,8-9,11-12,16-17H,6-7,10,13H2,1-2H3/t16-,17-/m1/s1. The topological polar surface area (TPSA) is 73.6 Å².